The molecule has 3 N–H and O–H groups in total. The first kappa shape index (κ1) is 120. The first-order chi connectivity index (χ1) is 52.6. The monoisotopic (exact) mass is 1580 g/mol. The Morgan fingerprint density at radius 3 is 1.19 bits per heavy atom. The van der Waals surface area contributed by atoms with Crippen molar-refractivity contribution in [2.75, 3.05) is 39.5 Å². The Morgan fingerprint density at radius 1 is 0.441 bits per heavy atom. The second kappa shape index (κ2) is 77.5. The minimum atomic E-state index is -0.382. The molecule has 4 aliphatic heterocycles. The molecular formula is C77H156N22O12. The summed E-state index contributed by atoms with van der Waals surface area (Å²) in [5, 5.41) is 38.0. The SMILES string of the molecule is CC.CC.CC.CC.CC.CC.CC.CC.CC.CC(C)N1CCC=N1.CC(C)N1CCOC1=O.CC(C)N1CCOCC1=O.CC(C)N1N=CCC1=O.CC(C)n1cn[nH]c1=O.CC(C)n1cnccc1=O.CC(C)n1nc[nH]c1=O.CC(C)n1ncccc1=O.CC(C)n1nn[nH]c1=O.Cc1nn(C(C)C)c(=O)o1. The Kier molecular flexibility index (Phi) is 83.8. The summed E-state index contributed by atoms with van der Waals surface area (Å²) in [6, 6.07) is 6.81. The molecule has 4 aliphatic rings. The number of hydrogen-bond donors (Lipinski definition) is 3. The zero-order valence-electron chi connectivity index (χ0n) is 76.1. The van der Waals surface area contributed by atoms with E-state index in [1.807, 2.05) is 260 Å². The lowest BCUT2D eigenvalue weighted by molar-refractivity contribution is -0.144. The number of rotatable bonds is 10. The van der Waals surface area contributed by atoms with Crippen LogP contribution in [0.3, 0.4) is 0 Å². The maximum Gasteiger partial charge on any atom is 0.437 e. The van der Waals surface area contributed by atoms with Crippen molar-refractivity contribution < 1.29 is 28.3 Å². The number of nitrogens with one attached hydrogen (secondary N) is 3. The third-order valence-corrected chi connectivity index (χ3v) is 12.5. The molecule has 3 amide bonds. The highest BCUT2D eigenvalue weighted by Gasteiger charge is 2.24. The average Bonchev–Trinajstić information content (AvgIpc) is 1.84. The van der Waals surface area contributed by atoms with Crippen molar-refractivity contribution in [1.82, 2.24) is 98.7 Å². The highest BCUT2D eigenvalue weighted by Crippen LogP contribution is 2.09. The number of H-pyrrole nitrogens is 3. The Morgan fingerprint density at radius 2 is 0.955 bits per heavy atom. The van der Waals surface area contributed by atoms with E-state index in [2.05, 4.69) is 84.5 Å². The van der Waals surface area contributed by atoms with Crippen LogP contribution in [0.1, 0.15) is 318 Å². The number of aromatic nitrogens is 16. The summed E-state index contributed by atoms with van der Waals surface area (Å²) in [6.45, 7) is 80.8. The number of amides is 3. The number of carbonyl (C=O) groups excluding carboxylic acids is 3. The third-order valence-electron chi connectivity index (χ3n) is 12.5. The molecule has 646 valence electrons. The predicted molar refractivity (Wildman–Crippen MR) is 454 cm³/mol. The normalized spacial score (nSPS) is 12.1. The van der Waals surface area contributed by atoms with Crippen LogP contribution in [0.5, 0.6) is 0 Å². The van der Waals surface area contributed by atoms with Crippen LogP contribution in [0, 0.1) is 6.92 Å². The number of ether oxygens (including phenoxy) is 2. The summed E-state index contributed by atoms with van der Waals surface area (Å²) in [4.78, 5) is 107. The summed E-state index contributed by atoms with van der Waals surface area (Å²) < 4.78 is 22.9. The summed E-state index contributed by atoms with van der Waals surface area (Å²) in [7, 11) is 0. The minimum absolute atomic E-state index is 0.00463. The number of morpholine rings is 1. The van der Waals surface area contributed by atoms with Crippen molar-refractivity contribution in [3.63, 3.8) is 0 Å². The van der Waals surface area contributed by atoms with Crippen LogP contribution in [0.25, 0.3) is 0 Å². The van der Waals surface area contributed by atoms with Crippen LogP contribution in [0.2, 0.25) is 0 Å². The first-order valence-corrected chi connectivity index (χ1v) is 39.9. The fourth-order valence-corrected chi connectivity index (χ4v) is 7.56. The molecule has 111 heavy (non-hydrogen) atoms. The van der Waals surface area contributed by atoms with Crippen LogP contribution in [-0.2, 0) is 19.1 Å². The standard InChI is InChI=1S/2C7H10N2O.C7H13NO2.C6H10N2O2.C6H10N2O.C6H12N2.C6H11NO2.2C5H9N3O.C4H8N4O.9C2H6/c1-6(2)9-5-8-4-3-7(9)10;1-6(2)9-7(10)4-3-5-8-9;1-6(2)8-3-4-10-5-7(8)9;1-4(2)8-6(9)10-5(3)7-8;1-5(2)8-6(9)3-4-7-8;1-6(2)8-5-3-4-7-8;1-5(2)7-3-4-9-6(7)8;1-4(2)8-3-6-7-5(8)9;1-4(2)8-5(9)6-3-7-8;1-3(2)8-4(9)5-6-7-8;9*1-2/h2*3-6H,1-2H3;6H,3-5H2,1-2H3;4H,1-3H3;4-5H,3H2,1-2H3;4,6H,3,5H2,1-2H3;5H,3-4H2,1-2H3;3-4H,1-2H3,(H,7,9);3-4H,1-2H3,(H,6,7,9);3H,1-2H3,(H,5,7,9);9*1-2H3. The summed E-state index contributed by atoms with van der Waals surface area (Å²) >= 11 is 0. The lowest BCUT2D eigenvalue weighted by Crippen LogP contribution is -2.45. The van der Waals surface area contributed by atoms with Crippen molar-refractivity contribution in [3.8, 4) is 0 Å². The highest BCUT2D eigenvalue weighted by atomic mass is 16.6. The number of nitrogens with zero attached hydrogens (tertiary/aromatic N) is 19. The summed E-state index contributed by atoms with van der Waals surface area (Å²) in [5.74, 6) is 0.248. The van der Waals surface area contributed by atoms with Gasteiger partial charge in [-0.1, -0.05) is 125 Å². The van der Waals surface area contributed by atoms with Crippen molar-refractivity contribution in [1.29, 1.82) is 0 Å². The predicted octanol–water partition coefficient (Wildman–Crippen LogP) is 14.3. The van der Waals surface area contributed by atoms with Gasteiger partial charge in [0, 0.05) is 99.6 Å². The van der Waals surface area contributed by atoms with Crippen molar-refractivity contribution >= 4 is 30.3 Å². The van der Waals surface area contributed by atoms with Gasteiger partial charge in [0.2, 0.25) is 17.7 Å². The van der Waals surface area contributed by atoms with E-state index in [9.17, 15) is 43.2 Å². The average molecular weight is 1580 g/mol. The van der Waals surface area contributed by atoms with Crippen molar-refractivity contribution in [3.05, 3.63) is 118 Å². The van der Waals surface area contributed by atoms with Gasteiger partial charge in [-0.05, 0) is 155 Å². The van der Waals surface area contributed by atoms with Gasteiger partial charge in [-0.2, -0.15) is 34.9 Å². The largest absolute Gasteiger partial charge is 0.448 e. The molecule has 34 nitrogen and oxygen atoms in total. The highest BCUT2D eigenvalue weighted by molar-refractivity contribution is 5.93. The number of cyclic esters (lactones) is 1. The van der Waals surface area contributed by atoms with E-state index in [0.29, 0.717) is 37.6 Å². The van der Waals surface area contributed by atoms with Gasteiger partial charge < -0.3 is 23.7 Å². The third kappa shape index (κ3) is 55.8. The van der Waals surface area contributed by atoms with Gasteiger partial charge in [0.25, 0.3) is 11.1 Å². The molecule has 2 saturated heterocycles. The van der Waals surface area contributed by atoms with E-state index in [0.717, 1.165) is 26.1 Å². The maximum atomic E-state index is 11.0. The quantitative estimate of drug-likeness (QED) is 0.115. The molecule has 6 aromatic rings. The maximum absolute atomic E-state index is 11.0. The first-order valence-electron chi connectivity index (χ1n) is 39.9. The second-order valence-electron chi connectivity index (χ2n) is 23.4. The van der Waals surface area contributed by atoms with Crippen LogP contribution >= 0.6 is 0 Å². The van der Waals surface area contributed by atoms with Crippen LogP contribution < -0.4 is 33.9 Å². The molecule has 0 spiro atoms. The Bertz CT molecular complexity index is 3320. The second-order valence-corrected chi connectivity index (χ2v) is 23.4. The molecular weight excluding hydrogens is 1420 g/mol. The topological polar surface area (TPSA) is 390 Å². The number of aromatic amines is 3. The summed E-state index contributed by atoms with van der Waals surface area (Å²) in [5.41, 5.74) is -0.595. The lowest BCUT2D eigenvalue weighted by Gasteiger charge is -2.30. The van der Waals surface area contributed by atoms with E-state index in [4.69, 9.17) is 9.47 Å². The number of hydrogen-bond acceptors (Lipinski definition) is 22. The van der Waals surface area contributed by atoms with Crippen LogP contribution in [0.15, 0.2) is 93.0 Å². The van der Waals surface area contributed by atoms with E-state index in [1.165, 1.54) is 59.3 Å². The molecule has 10 rings (SSSR count). The van der Waals surface area contributed by atoms with Gasteiger partial charge in [0.15, 0.2) is 0 Å². The van der Waals surface area contributed by atoms with Crippen LogP contribution in [0.4, 0.5) is 4.79 Å². The molecule has 10 heterocycles. The van der Waals surface area contributed by atoms with Gasteiger partial charge >= 0.3 is 28.9 Å². The Labute approximate surface area is 665 Å². The molecule has 2 fully saturated rings. The fraction of sp³-hybridized carbons (Fsp3) is 0.740. The smallest absolute Gasteiger partial charge is 0.437 e. The molecule has 0 aliphatic carbocycles. The Hall–Kier alpha value is -9.24. The summed E-state index contributed by atoms with van der Waals surface area (Å²) in [6.07, 6.45) is 12.6. The van der Waals surface area contributed by atoms with Gasteiger partial charge in [-0.15, -0.1) is 5.10 Å². The van der Waals surface area contributed by atoms with Gasteiger partial charge in [-0.25, -0.2) is 53.5 Å². The number of aryl methyl sites for hydroxylation is 1. The van der Waals surface area contributed by atoms with E-state index in [-0.39, 0.29) is 107 Å². The van der Waals surface area contributed by atoms with Crippen molar-refractivity contribution in [2.45, 2.75) is 343 Å². The number of carbonyl (C=O) groups is 3. The lowest BCUT2D eigenvalue weighted by atomic mass is 10.3. The van der Waals surface area contributed by atoms with Gasteiger partial charge in [0.05, 0.1) is 50.1 Å². The molecule has 34 heteroatoms. The number of tetrazole rings is 1. The van der Waals surface area contributed by atoms with Gasteiger partial charge in [0.1, 0.15) is 25.9 Å². The molecule has 6 aromatic heterocycles. The zero-order valence-corrected chi connectivity index (χ0v) is 76.1. The van der Waals surface area contributed by atoms with E-state index in [1.54, 1.807) is 41.2 Å². The molecule has 0 radical (unpaired) electrons. The molecule has 0 bridgehead atoms. The molecule has 0 aromatic carbocycles. The van der Waals surface area contributed by atoms with E-state index >= 15 is 0 Å². The van der Waals surface area contributed by atoms with Crippen molar-refractivity contribution in [2.24, 2.45) is 10.2 Å². The minimum Gasteiger partial charge on any atom is -0.448 e. The molecule has 0 atom stereocenters. The van der Waals surface area contributed by atoms with Gasteiger partial charge in [-0.3, -0.25) is 38.3 Å². The van der Waals surface area contributed by atoms with E-state index < -0.39 is 0 Å². The number of hydrazone groups is 2. The molecule has 0 saturated carbocycles. The molecule has 0 unspecified atom stereocenters. The van der Waals surface area contributed by atoms with Crippen LogP contribution in [-0.4, -0.2) is 193 Å². The fourth-order valence-electron chi connectivity index (χ4n) is 7.56. The zero-order chi connectivity index (χ0) is 88.7. The Balaban J connectivity index is -0.000000145.